The summed E-state index contributed by atoms with van der Waals surface area (Å²) in [7, 11) is -2.41. The second-order valence-corrected chi connectivity index (χ2v) is 9.86. The van der Waals surface area contributed by atoms with Crippen LogP contribution in [0.3, 0.4) is 0 Å². The molecule has 9 nitrogen and oxygen atoms in total. The van der Waals surface area contributed by atoms with E-state index in [-0.39, 0.29) is 10.6 Å². The predicted octanol–water partition coefficient (Wildman–Crippen LogP) is 4.81. The van der Waals surface area contributed by atoms with Gasteiger partial charge in [0.2, 0.25) is 5.88 Å². The van der Waals surface area contributed by atoms with Crippen molar-refractivity contribution >= 4 is 15.7 Å². The summed E-state index contributed by atoms with van der Waals surface area (Å²) in [6, 6.07) is 13.3. The van der Waals surface area contributed by atoms with Gasteiger partial charge in [-0.3, -0.25) is 4.72 Å². The number of sulfonamides is 1. The highest BCUT2D eigenvalue weighted by Crippen LogP contribution is 2.28. The summed E-state index contributed by atoms with van der Waals surface area (Å²) in [5, 5.41) is 4.55. The number of ether oxygens (including phenoxy) is 2. The summed E-state index contributed by atoms with van der Waals surface area (Å²) in [4.78, 5) is 8.92. The molecule has 0 aliphatic rings. The van der Waals surface area contributed by atoms with Crippen LogP contribution >= 0.6 is 0 Å². The van der Waals surface area contributed by atoms with Gasteiger partial charge in [-0.15, -0.1) is 0 Å². The first-order chi connectivity index (χ1) is 16.6. The molecule has 35 heavy (non-hydrogen) atoms. The van der Waals surface area contributed by atoms with Gasteiger partial charge in [0.05, 0.1) is 12.8 Å². The van der Waals surface area contributed by atoms with E-state index in [0.29, 0.717) is 29.0 Å². The molecule has 0 saturated heterocycles. The van der Waals surface area contributed by atoms with Crippen molar-refractivity contribution in [3.8, 4) is 23.2 Å². The Kier molecular flexibility index (Phi) is 6.49. The molecule has 0 saturated carbocycles. The first-order valence-corrected chi connectivity index (χ1v) is 12.4. The van der Waals surface area contributed by atoms with Gasteiger partial charge >= 0.3 is 0 Å². The van der Waals surface area contributed by atoms with E-state index >= 15 is 0 Å². The minimum absolute atomic E-state index is 0.0729. The standard InChI is InChI=1S/C25H27N5O4S/c1-15-7-12-22(33-6)23(13-15)35(31,32)29-20-8-10-21(11-9-20)34-25-14-24(26-19(5)27-25)30-18(4)16(2)17(3)28-30/h7-14,29H,1-6H3. The molecule has 4 aromatic rings. The highest BCUT2D eigenvalue weighted by Gasteiger charge is 2.20. The Morgan fingerprint density at radius 3 is 2.26 bits per heavy atom. The van der Waals surface area contributed by atoms with Crippen molar-refractivity contribution < 1.29 is 17.9 Å². The maximum Gasteiger partial charge on any atom is 0.265 e. The molecule has 10 heteroatoms. The topological polar surface area (TPSA) is 108 Å². The van der Waals surface area contributed by atoms with E-state index < -0.39 is 10.0 Å². The van der Waals surface area contributed by atoms with Crippen molar-refractivity contribution in [3.05, 3.63) is 76.9 Å². The average Bonchev–Trinajstić information content (AvgIpc) is 3.07. The Bertz CT molecular complexity index is 1500. The molecule has 0 bridgehead atoms. The summed E-state index contributed by atoms with van der Waals surface area (Å²) >= 11 is 0. The molecular formula is C25H27N5O4S. The number of anilines is 1. The third kappa shape index (κ3) is 5.12. The van der Waals surface area contributed by atoms with Crippen molar-refractivity contribution in [2.45, 2.75) is 39.5 Å². The molecule has 0 radical (unpaired) electrons. The molecule has 2 heterocycles. The molecule has 1 N–H and O–H groups in total. The van der Waals surface area contributed by atoms with Crippen LogP contribution in [-0.2, 0) is 10.0 Å². The van der Waals surface area contributed by atoms with Crippen LogP contribution in [0.5, 0.6) is 17.4 Å². The third-order valence-corrected chi connectivity index (χ3v) is 7.01. The zero-order valence-electron chi connectivity index (χ0n) is 20.4. The Hall–Kier alpha value is -3.92. The van der Waals surface area contributed by atoms with Crippen molar-refractivity contribution in [1.82, 2.24) is 19.7 Å². The van der Waals surface area contributed by atoms with Gasteiger partial charge < -0.3 is 9.47 Å². The van der Waals surface area contributed by atoms with Crippen LogP contribution in [0.15, 0.2) is 53.4 Å². The lowest BCUT2D eigenvalue weighted by atomic mass is 10.2. The molecule has 0 amide bonds. The first-order valence-electron chi connectivity index (χ1n) is 10.9. The molecule has 0 aliphatic carbocycles. The van der Waals surface area contributed by atoms with Crippen molar-refractivity contribution in [3.63, 3.8) is 0 Å². The van der Waals surface area contributed by atoms with Gasteiger partial charge in [-0.25, -0.2) is 18.1 Å². The smallest absolute Gasteiger partial charge is 0.265 e. The second kappa shape index (κ2) is 9.38. The number of benzene rings is 2. The fraction of sp³-hybridized carbons (Fsp3) is 0.240. The summed E-state index contributed by atoms with van der Waals surface area (Å²) < 4.78 is 41.3. The van der Waals surface area contributed by atoms with E-state index in [0.717, 1.165) is 22.5 Å². The van der Waals surface area contributed by atoms with Crippen LogP contribution < -0.4 is 14.2 Å². The van der Waals surface area contributed by atoms with Gasteiger partial charge in [0, 0.05) is 17.4 Å². The van der Waals surface area contributed by atoms with E-state index in [9.17, 15) is 8.42 Å². The molecule has 2 aromatic heterocycles. The molecule has 0 atom stereocenters. The van der Waals surface area contributed by atoms with E-state index in [2.05, 4.69) is 19.8 Å². The first kappa shape index (κ1) is 24.2. The number of hydrogen-bond acceptors (Lipinski definition) is 7. The maximum absolute atomic E-state index is 12.9. The average molecular weight is 494 g/mol. The minimum atomic E-state index is -3.84. The molecule has 2 aromatic carbocycles. The lowest BCUT2D eigenvalue weighted by molar-refractivity contribution is 0.402. The molecule has 0 fully saturated rings. The Morgan fingerprint density at radius 2 is 1.63 bits per heavy atom. The maximum atomic E-state index is 12.9. The van der Waals surface area contributed by atoms with E-state index in [1.165, 1.54) is 7.11 Å². The van der Waals surface area contributed by atoms with Crippen LogP contribution in [0.1, 0.15) is 28.3 Å². The van der Waals surface area contributed by atoms with Gasteiger partial charge in [0.25, 0.3) is 10.0 Å². The number of aromatic nitrogens is 4. The fourth-order valence-electron chi connectivity index (χ4n) is 3.55. The predicted molar refractivity (Wildman–Crippen MR) is 133 cm³/mol. The molecule has 182 valence electrons. The summed E-state index contributed by atoms with van der Waals surface area (Å²) in [6.07, 6.45) is 0. The van der Waals surface area contributed by atoms with Crippen LogP contribution in [-0.4, -0.2) is 35.3 Å². The van der Waals surface area contributed by atoms with Crippen molar-refractivity contribution in [2.24, 2.45) is 0 Å². The normalized spacial score (nSPS) is 11.4. The Labute approximate surface area is 204 Å². The molecule has 0 unspecified atom stereocenters. The van der Waals surface area contributed by atoms with Gasteiger partial charge in [0.1, 0.15) is 22.2 Å². The largest absolute Gasteiger partial charge is 0.495 e. The van der Waals surface area contributed by atoms with E-state index in [1.807, 2.05) is 27.7 Å². The fourth-order valence-corrected chi connectivity index (χ4v) is 4.86. The van der Waals surface area contributed by atoms with Gasteiger partial charge in [-0.05, 0) is 82.1 Å². The van der Waals surface area contributed by atoms with Gasteiger partial charge in [0.15, 0.2) is 5.82 Å². The SMILES string of the molecule is COc1ccc(C)cc1S(=O)(=O)Nc1ccc(Oc2cc(-n3nc(C)c(C)c3C)nc(C)n2)cc1. The zero-order valence-corrected chi connectivity index (χ0v) is 21.3. The highest BCUT2D eigenvalue weighted by molar-refractivity contribution is 7.92. The summed E-state index contributed by atoms with van der Waals surface area (Å²) in [6.45, 7) is 9.56. The number of nitrogens with zero attached hydrogens (tertiary/aromatic N) is 4. The Balaban J connectivity index is 1.55. The van der Waals surface area contributed by atoms with Gasteiger partial charge in [-0.2, -0.15) is 10.1 Å². The molecule has 0 aliphatic heterocycles. The third-order valence-electron chi connectivity index (χ3n) is 5.61. The zero-order chi connectivity index (χ0) is 25.3. The van der Waals surface area contributed by atoms with E-state index in [4.69, 9.17) is 9.47 Å². The summed E-state index contributed by atoms with van der Waals surface area (Å²) in [5.74, 6) is 2.28. The van der Waals surface area contributed by atoms with Gasteiger partial charge in [-0.1, -0.05) is 6.07 Å². The highest BCUT2D eigenvalue weighted by atomic mass is 32.2. The summed E-state index contributed by atoms with van der Waals surface area (Å²) in [5.41, 5.74) is 4.23. The quantitative estimate of drug-likeness (QED) is 0.394. The number of hydrogen-bond donors (Lipinski definition) is 1. The number of rotatable bonds is 7. The number of methoxy groups -OCH3 is 1. The number of nitrogens with one attached hydrogen (secondary N) is 1. The van der Waals surface area contributed by atoms with Crippen molar-refractivity contribution in [2.75, 3.05) is 11.8 Å². The monoisotopic (exact) mass is 493 g/mol. The van der Waals surface area contributed by atoms with Crippen LogP contribution in [0.25, 0.3) is 5.82 Å². The van der Waals surface area contributed by atoms with Crippen molar-refractivity contribution in [1.29, 1.82) is 0 Å². The molecule has 0 spiro atoms. The van der Waals surface area contributed by atoms with Crippen LogP contribution in [0.4, 0.5) is 5.69 Å². The molecular weight excluding hydrogens is 466 g/mol. The number of aryl methyl sites for hydroxylation is 3. The molecule has 4 rings (SSSR count). The lowest BCUT2D eigenvalue weighted by Gasteiger charge is -2.13. The second-order valence-electron chi connectivity index (χ2n) is 8.21. The Morgan fingerprint density at radius 1 is 0.914 bits per heavy atom. The lowest BCUT2D eigenvalue weighted by Crippen LogP contribution is -2.14. The van der Waals surface area contributed by atoms with Crippen LogP contribution in [0.2, 0.25) is 0 Å². The van der Waals surface area contributed by atoms with Crippen LogP contribution in [0, 0.1) is 34.6 Å². The van der Waals surface area contributed by atoms with E-state index in [1.54, 1.807) is 60.1 Å². The minimum Gasteiger partial charge on any atom is -0.495 e.